The first-order chi connectivity index (χ1) is 12.7. The molecule has 1 N–H and O–H groups in total. The van der Waals surface area contributed by atoms with Gasteiger partial charge < -0.3 is 14.6 Å². The highest BCUT2D eigenvalue weighted by Crippen LogP contribution is 2.24. The average molecular weight is 451 g/mol. The lowest BCUT2D eigenvalue weighted by Gasteiger charge is -2.13. The van der Waals surface area contributed by atoms with Crippen LogP contribution in [-0.2, 0) is 19.7 Å². The SMILES string of the molecule is Cc1ccc(COc2ccc(Br)cc2CNCCCn2ccnc2)cc1.Cl. The van der Waals surface area contributed by atoms with Gasteiger partial charge in [-0.25, -0.2) is 4.98 Å². The Bertz CT molecular complexity index is 807. The van der Waals surface area contributed by atoms with Gasteiger partial charge in [-0.3, -0.25) is 0 Å². The second-order valence-electron chi connectivity index (χ2n) is 6.36. The van der Waals surface area contributed by atoms with E-state index in [9.17, 15) is 0 Å². The molecule has 144 valence electrons. The number of nitrogens with one attached hydrogen (secondary N) is 1. The minimum absolute atomic E-state index is 0. The molecule has 4 nitrogen and oxygen atoms in total. The first-order valence-electron chi connectivity index (χ1n) is 8.84. The van der Waals surface area contributed by atoms with E-state index < -0.39 is 0 Å². The van der Waals surface area contributed by atoms with Gasteiger partial charge in [0.2, 0.25) is 0 Å². The average Bonchev–Trinajstić information content (AvgIpc) is 3.15. The molecule has 0 aliphatic carbocycles. The van der Waals surface area contributed by atoms with Crippen LogP contribution in [0.5, 0.6) is 5.75 Å². The summed E-state index contributed by atoms with van der Waals surface area (Å²) in [5, 5.41) is 3.50. The molecule has 0 saturated carbocycles. The molecule has 0 amide bonds. The summed E-state index contributed by atoms with van der Waals surface area (Å²) in [7, 11) is 0. The number of rotatable bonds is 9. The zero-order chi connectivity index (χ0) is 18.2. The number of benzene rings is 2. The quantitative estimate of drug-likeness (QED) is 0.459. The number of hydrogen-bond acceptors (Lipinski definition) is 3. The molecule has 6 heteroatoms. The predicted octanol–water partition coefficient (Wildman–Crippen LogP) is 5.13. The van der Waals surface area contributed by atoms with Crippen LogP contribution in [-0.4, -0.2) is 16.1 Å². The molecule has 0 fully saturated rings. The van der Waals surface area contributed by atoms with E-state index in [1.54, 1.807) is 0 Å². The molecule has 2 aromatic carbocycles. The van der Waals surface area contributed by atoms with Gasteiger partial charge in [-0.05, 0) is 43.7 Å². The van der Waals surface area contributed by atoms with Gasteiger partial charge in [0.05, 0.1) is 6.33 Å². The molecular formula is C21H25BrClN3O. The predicted molar refractivity (Wildman–Crippen MR) is 115 cm³/mol. The Hall–Kier alpha value is -1.82. The molecule has 0 bridgehead atoms. The fourth-order valence-electron chi connectivity index (χ4n) is 2.70. The highest BCUT2D eigenvalue weighted by molar-refractivity contribution is 9.10. The van der Waals surface area contributed by atoms with Gasteiger partial charge in [0.1, 0.15) is 12.4 Å². The topological polar surface area (TPSA) is 39.1 Å². The van der Waals surface area contributed by atoms with E-state index in [4.69, 9.17) is 4.74 Å². The third kappa shape index (κ3) is 7.01. The third-order valence-corrected chi connectivity index (χ3v) is 4.68. The molecule has 3 rings (SSSR count). The van der Waals surface area contributed by atoms with Gasteiger partial charge in [0.25, 0.3) is 0 Å². The first-order valence-corrected chi connectivity index (χ1v) is 9.63. The van der Waals surface area contributed by atoms with E-state index in [1.807, 2.05) is 30.9 Å². The summed E-state index contributed by atoms with van der Waals surface area (Å²) >= 11 is 3.56. The van der Waals surface area contributed by atoms with E-state index >= 15 is 0 Å². The van der Waals surface area contributed by atoms with E-state index in [2.05, 4.69) is 68.1 Å². The van der Waals surface area contributed by atoms with Crippen LogP contribution in [0.3, 0.4) is 0 Å². The Morgan fingerprint density at radius 1 is 1.15 bits per heavy atom. The van der Waals surface area contributed by atoms with Crippen molar-refractivity contribution in [2.75, 3.05) is 6.54 Å². The van der Waals surface area contributed by atoms with Gasteiger partial charge in [0, 0.05) is 35.5 Å². The lowest BCUT2D eigenvalue weighted by molar-refractivity contribution is 0.302. The molecule has 0 unspecified atom stereocenters. The zero-order valence-corrected chi connectivity index (χ0v) is 17.8. The lowest BCUT2D eigenvalue weighted by atomic mass is 10.1. The molecule has 0 atom stereocenters. The van der Waals surface area contributed by atoms with E-state index in [0.29, 0.717) is 6.61 Å². The van der Waals surface area contributed by atoms with Crippen molar-refractivity contribution in [1.82, 2.24) is 14.9 Å². The van der Waals surface area contributed by atoms with Crippen molar-refractivity contribution in [3.63, 3.8) is 0 Å². The Morgan fingerprint density at radius 3 is 2.70 bits per heavy atom. The van der Waals surface area contributed by atoms with E-state index in [1.165, 1.54) is 11.1 Å². The Morgan fingerprint density at radius 2 is 1.96 bits per heavy atom. The van der Waals surface area contributed by atoms with Crippen LogP contribution in [0.25, 0.3) is 0 Å². The molecule has 0 radical (unpaired) electrons. The number of aryl methyl sites for hydroxylation is 2. The second kappa shape index (κ2) is 11.1. The maximum atomic E-state index is 6.06. The summed E-state index contributed by atoms with van der Waals surface area (Å²) in [6.07, 6.45) is 6.72. The summed E-state index contributed by atoms with van der Waals surface area (Å²) in [5.41, 5.74) is 3.60. The van der Waals surface area contributed by atoms with Crippen LogP contribution in [0.2, 0.25) is 0 Å². The minimum atomic E-state index is 0. The maximum Gasteiger partial charge on any atom is 0.124 e. The lowest BCUT2D eigenvalue weighted by Crippen LogP contribution is -2.17. The Kier molecular flexibility index (Phi) is 8.85. The van der Waals surface area contributed by atoms with Gasteiger partial charge in [0.15, 0.2) is 0 Å². The van der Waals surface area contributed by atoms with Gasteiger partial charge in [-0.2, -0.15) is 0 Å². The number of aromatic nitrogens is 2. The van der Waals surface area contributed by atoms with Crippen LogP contribution in [0.15, 0.2) is 65.7 Å². The zero-order valence-electron chi connectivity index (χ0n) is 15.4. The molecule has 1 heterocycles. The minimum Gasteiger partial charge on any atom is -0.489 e. The standard InChI is InChI=1S/C21H24BrN3O.ClH/c1-17-3-5-18(6-4-17)15-26-21-8-7-20(22)13-19(21)14-23-9-2-11-25-12-10-24-16-25;/h3-8,10,12-13,16,23H,2,9,11,14-15H2,1H3;1H. The fourth-order valence-corrected chi connectivity index (χ4v) is 3.11. The normalized spacial score (nSPS) is 10.4. The third-order valence-electron chi connectivity index (χ3n) is 4.18. The Labute approximate surface area is 175 Å². The molecule has 0 aliphatic rings. The smallest absolute Gasteiger partial charge is 0.124 e. The molecular weight excluding hydrogens is 426 g/mol. The van der Waals surface area contributed by atoms with Crippen molar-refractivity contribution >= 4 is 28.3 Å². The summed E-state index contributed by atoms with van der Waals surface area (Å²) in [6.45, 7) is 5.38. The van der Waals surface area contributed by atoms with Gasteiger partial charge >= 0.3 is 0 Å². The fraction of sp³-hybridized carbons (Fsp3) is 0.286. The largest absolute Gasteiger partial charge is 0.489 e. The maximum absolute atomic E-state index is 6.06. The highest BCUT2D eigenvalue weighted by Gasteiger charge is 2.05. The van der Waals surface area contributed by atoms with Crippen LogP contribution in [0, 0.1) is 6.92 Å². The number of hydrogen-bond donors (Lipinski definition) is 1. The molecule has 0 saturated heterocycles. The summed E-state index contributed by atoms with van der Waals surface area (Å²) in [6, 6.07) is 14.6. The molecule has 0 spiro atoms. The molecule has 1 aromatic heterocycles. The van der Waals surface area contributed by atoms with Crippen LogP contribution in [0.4, 0.5) is 0 Å². The number of halogens is 2. The highest BCUT2D eigenvalue weighted by atomic mass is 79.9. The van der Waals surface area contributed by atoms with E-state index in [0.717, 1.165) is 41.8 Å². The summed E-state index contributed by atoms with van der Waals surface area (Å²) in [4.78, 5) is 4.06. The second-order valence-corrected chi connectivity index (χ2v) is 7.27. The van der Waals surface area contributed by atoms with E-state index in [-0.39, 0.29) is 12.4 Å². The van der Waals surface area contributed by atoms with Crippen molar-refractivity contribution in [3.05, 3.63) is 82.3 Å². The number of nitrogens with zero attached hydrogens (tertiary/aromatic N) is 2. The molecule has 3 aromatic rings. The first kappa shape index (κ1) is 21.5. The summed E-state index contributed by atoms with van der Waals surface area (Å²) in [5.74, 6) is 0.927. The van der Waals surface area contributed by atoms with Gasteiger partial charge in [-0.1, -0.05) is 45.8 Å². The van der Waals surface area contributed by atoms with Crippen LogP contribution >= 0.6 is 28.3 Å². The summed E-state index contributed by atoms with van der Waals surface area (Å²) < 4.78 is 9.22. The van der Waals surface area contributed by atoms with Gasteiger partial charge in [-0.15, -0.1) is 12.4 Å². The monoisotopic (exact) mass is 449 g/mol. The van der Waals surface area contributed by atoms with Crippen molar-refractivity contribution in [1.29, 1.82) is 0 Å². The van der Waals surface area contributed by atoms with Crippen molar-refractivity contribution in [2.45, 2.75) is 33.0 Å². The number of ether oxygens (including phenoxy) is 1. The van der Waals surface area contributed by atoms with Crippen LogP contribution < -0.4 is 10.1 Å². The van der Waals surface area contributed by atoms with Crippen molar-refractivity contribution in [2.24, 2.45) is 0 Å². The number of imidazole rings is 1. The molecule has 0 aliphatic heterocycles. The van der Waals surface area contributed by atoms with Crippen molar-refractivity contribution in [3.8, 4) is 5.75 Å². The van der Waals surface area contributed by atoms with Crippen LogP contribution in [0.1, 0.15) is 23.1 Å². The van der Waals surface area contributed by atoms with Crippen molar-refractivity contribution < 1.29 is 4.74 Å². The molecule has 27 heavy (non-hydrogen) atoms. The Balaban J connectivity index is 0.00000261.